The molecule has 1 fully saturated rings. The fourth-order valence-corrected chi connectivity index (χ4v) is 1.98. The van der Waals surface area contributed by atoms with E-state index in [4.69, 9.17) is 4.66 Å². The van der Waals surface area contributed by atoms with Gasteiger partial charge in [0.2, 0.25) is 0 Å². The first-order valence-electron chi connectivity index (χ1n) is 4.52. The van der Waals surface area contributed by atoms with Crippen LogP contribution in [0.1, 0.15) is 47.0 Å². The van der Waals surface area contributed by atoms with Crippen molar-refractivity contribution < 1.29 is 9.87 Å². The lowest BCUT2D eigenvalue weighted by Gasteiger charge is -2.48. The SMILES string of the molecule is CC1(C)CCCC(C)(C)N1O.OCl. The molecule has 0 radical (unpaired) electrons. The number of hydrogen-bond acceptors (Lipinski definition) is 3. The van der Waals surface area contributed by atoms with Crippen LogP contribution in [0.15, 0.2) is 0 Å². The lowest BCUT2D eigenvalue weighted by atomic mass is 9.82. The highest BCUT2D eigenvalue weighted by Crippen LogP contribution is 2.35. The molecular weight excluding hydrogens is 190 g/mol. The van der Waals surface area contributed by atoms with Crippen LogP contribution < -0.4 is 0 Å². The Morgan fingerprint density at radius 3 is 1.54 bits per heavy atom. The molecule has 1 aliphatic heterocycles. The van der Waals surface area contributed by atoms with Gasteiger partial charge in [0.25, 0.3) is 0 Å². The first kappa shape index (κ1) is 13.2. The number of rotatable bonds is 0. The van der Waals surface area contributed by atoms with Gasteiger partial charge >= 0.3 is 0 Å². The molecule has 1 aliphatic rings. The van der Waals surface area contributed by atoms with Gasteiger partial charge in [-0.25, -0.2) is 0 Å². The van der Waals surface area contributed by atoms with Crippen LogP contribution in [0.5, 0.6) is 0 Å². The summed E-state index contributed by atoms with van der Waals surface area (Å²) in [6.45, 7) is 8.36. The van der Waals surface area contributed by atoms with Crippen molar-refractivity contribution in [3.05, 3.63) is 0 Å². The lowest BCUT2D eigenvalue weighted by molar-refractivity contribution is -0.241. The molecule has 13 heavy (non-hydrogen) atoms. The fourth-order valence-electron chi connectivity index (χ4n) is 1.98. The van der Waals surface area contributed by atoms with Gasteiger partial charge in [0, 0.05) is 11.1 Å². The molecule has 0 bridgehead atoms. The maximum absolute atomic E-state index is 9.80. The number of hydrogen-bond donors (Lipinski definition) is 2. The predicted molar refractivity (Wildman–Crippen MR) is 53.7 cm³/mol. The van der Waals surface area contributed by atoms with Gasteiger partial charge in [0.1, 0.15) is 0 Å². The number of piperidine rings is 1. The standard InChI is InChI=1S/C9H19NO.ClHO/c1-8(2)6-5-7-9(3,4)10(8)11;1-2/h11H,5-7H2,1-4H3;2H. The van der Waals surface area contributed by atoms with Crippen molar-refractivity contribution in [2.24, 2.45) is 0 Å². The van der Waals surface area contributed by atoms with E-state index >= 15 is 0 Å². The second kappa shape index (κ2) is 4.60. The normalized spacial score (nSPS) is 26.1. The molecule has 1 saturated heterocycles. The van der Waals surface area contributed by atoms with E-state index in [1.54, 1.807) is 0 Å². The van der Waals surface area contributed by atoms with E-state index in [9.17, 15) is 5.21 Å². The van der Waals surface area contributed by atoms with Gasteiger partial charge in [-0.1, -0.05) is 0 Å². The third-order valence-electron chi connectivity index (χ3n) is 2.72. The zero-order valence-corrected chi connectivity index (χ0v) is 9.60. The monoisotopic (exact) mass is 209 g/mol. The Labute approximate surface area is 85.4 Å². The Morgan fingerprint density at radius 1 is 1.00 bits per heavy atom. The van der Waals surface area contributed by atoms with Crippen molar-refractivity contribution in [3.8, 4) is 0 Å². The van der Waals surface area contributed by atoms with E-state index in [0.29, 0.717) is 0 Å². The summed E-state index contributed by atoms with van der Waals surface area (Å²) >= 11 is 3.64. The summed E-state index contributed by atoms with van der Waals surface area (Å²) in [5.74, 6) is 0. The third kappa shape index (κ3) is 3.09. The first-order valence-corrected chi connectivity index (χ1v) is 4.86. The first-order chi connectivity index (χ1) is 5.86. The number of nitrogens with zero attached hydrogens (tertiary/aromatic N) is 1. The maximum atomic E-state index is 9.80. The molecule has 0 spiro atoms. The summed E-state index contributed by atoms with van der Waals surface area (Å²) in [5, 5.41) is 11.3. The molecule has 1 heterocycles. The minimum absolute atomic E-state index is 0.0399. The van der Waals surface area contributed by atoms with Crippen LogP contribution in [0.2, 0.25) is 0 Å². The Balaban J connectivity index is 0.000000671. The van der Waals surface area contributed by atoms with Gasteiger partial charge < -0.3 is 5.21 Å². The van der Waals surface area contributed by atoms with E-state index in [-0.39, 0.29) is 11.1 Å². The van der Waals surface area contributed by atoms with Crippen LogP contribution in [0.25, 0.3) is 0 Å². The minimum Gasteiger partial charge on any atom is -0.313 e. The average Bonchev–Trinajstić information content (AvgIpc) is 2.04. The molecule has 0 aliphatic carbocycles. The molecule has 0 unspecified atom stereocenters. The topological polar surface area (TPSA) is 43.7 Å². The van der Waals surface area contributed by atoms with Crippen molar-refractivity contribution in [1.82, 2.24) is 5.06 Å². The van der Waals surface area contributed by atoms with Crippen molar-refractivity contribution in [2.45, 2.75) is 58.0 Å². The highest BCUT2D eigenvalue weighted by Gasteiger charge is 2.40. The van der Waals surface area contributed by atoms with Gasteiger partial charge in [-0.3, -0.25) is 4.66 Å². The molecule has 80 valence electrons. The molecule has 0 aromatic heterocycles. The molecule has 0 atom stereocenters. The lowest BCUT2D eigenvalue weighted by Crippen LogP contribution is -2.56. The summed E-state index contributed by atoms with van der Waals surface area (Å²) < 4.78 is 6.47. The predicted octanol–water partition coefficient (Wildman–Crippen LogP) is 2.55. The highest BCUT2D eigenvalue weighted by molar-refractivity contribution is 6.04. The summed E-state index contributed by atoms with van der Waals surface area (Å²) in [6, 6.07) is 0. The molecule has 0 amide bonds. The molecule has 2 N–H and O–H groups in total. The summed E-state index contributed by atoms with van der Waals surface area (Å²) in [7, 11) is 0. The van der Waals surface area contributed by atoms with Gasteiger partial charge in [-0.2, -0.15) is 5.06 Å². The van der Waals surface area contributed by atoms with Crippen LogP contribution in [0.4, 0.5) is 0 Å². The summed E-state index contributed by atoms with van der Waals surface area (Å²) in [6.07, 6.45) is 3.40. The fraction of sp³-hybridized carbons (Fsp3) is 1.00. The van der Waals surface area contributed by atoms with Crippen LogP contribution in [-0.4, -0.2) is 26.0 Å². The second-order valence-corrected chi connectivity index (χ2v) is 4.79. The minimum atomic E-state index is -0.0399. The summed E-state index contributed by atoms with van der Waals surface area (Å²) in [4.78, 5) is 0. The molecule has 1 rings (SSSR count). The smallest absolute Gasteiger partial charge is 0.0579 e. The highest BCUT2D eigenvalue weighted by atomic mass is 35.5. The molecule has 0 saturated carbocycles. The number of halogens is 1. The van der Waals surface area contributed by atoms with Gasteiger partial charge in [-0.05, 0) is 47.0 Å². The second-order valence-electron chi connectivity index (χ2n) is 4.79. The zero-order valence-electron chi connectivity index (χ0n) is 8.84. The van der Waals surface area contributed by atoms with Crippen molar-refractivity contribution in [2.75, 3.05) is 0 Å². The quantitative estimate of drug-likeness (QED) is 0.645. The molecular formula is C9H20ClNO2. The molecule has 0 aromatic rings. The van der Waals surface area contributed by atoms with Crippen LogP contribution in [0.3, 0.4) is 0 Å². The van der Waals surface area contributed by atoms with Crippen molar-refractivity contribution >= 4 is 11.9 Å². The Bertz CT molecular complexity index is 144. The van der Waals surface area contributed by atoms with Gasteiger partial charge in [0.05, 0.1) is 11.9 Å². The van der Waals surface area contributed by atoms with Crippen LogP contribution in [-0.2, 0) is 0 Å². The Hall–Kier alpha value is 0.170. The van der Waals surface area contributed by atoms with E-state index in [0.717, 1.165) is 12.8 Å². The van der Waals surface area contributed by atoms with E-state index < -0.39 is 0 Å². The van der Waals surface area contributed by atoms with Crippen LogP contribution >= 0.6 is 11.9 Å². The molecule has 3 nitrogen and oxygen atoms in total. The van der Waals surface area contributed by atoms with E-state index in [1.807, 2.05) is 0 Å². The van der Waals surface area contributed by atoms with E-state index in [1.165, 1.54) is 11.5 Å². The van der Waals surface area contributed by atoms with E-state index in [2.05, 4.69) is 39.6 Å². The number of hydroxylamine groups is 2. The summed E-state index contributed by atoms with van der Waals surface area (Å²) in [5.41, 5.74) is -0.0799. The Morgan fingerprint density at radius 2 is 1.31 bits per heavy atom. The zero-order chi connectivity index (χ0) is 10.7. The Kier molecular flexibility index (Phi) is 4.66. The molecule has 0 aromatic carbocycles. The third-order valence-corrected chi connectivity index (χ3v) is 2.72. The molecule has 4 heteroatoms. The van der Waals surface area contributed by atoms with Gasteiger partial charge in [0.15, 0.2) is 0 Å². The maximum Gasteiger partial charge on any atom is 0.0579 e. The van der Waals surface area contributed by atoms with Crippen molar-refractivity contribution in [3.63, 3.8) is 0 Å². The largest absolute Gasteiger partial charge is 0.313 e. The van der Waals surface area contributed by atoms with Crippen LogP contribution in [0, 0.1) is 0 Å². The average molecular weight is 210 g/mol. The van der Waals surface area contributed by atoms with Gasteiger partial charge in [-0.15, -0.1) is 0 Å². The van der Waals surface area contributed by atoms with Crippen molar-refractivity contribution in [1.29, 1.82) is 0 Å².